The van der Waals surface area contributed by atoms with E-state index in [9.17, 15) is 0 Å². The normalized spacial score (nSPS) is 11.7. The Morgan fingerprint density at radius 2 is 1.16 bits per heavy atom. The third kappa shape index (κ3) is 3.81. The lowest BCUT2D eigenvalue weighted by molar-refractivity contribution is 1.25. The highest BCUT2D eigenvalue weighted by atomic mass is 14.8. The molecule has 0 saturated heterocycles. The van der Waals surface area contributed by atoms with E-state index in [2.05, 4.69) is 113 Å². The van der Waals surface area contributed by atoms with Crippen LogP contribution in [0.2, 0.25) is 0 Å². The second-order valence-electron chi connectivity index (χ2n) is 11.0. The van der Waals surface area contributed by atoms with Crippen LogP contribution in [0.3, 0.4) is 0 Å². The highest BCUT2D eigenvalue weighted by molar-refractivity contribution is 6.31. The molecule has 0 aliphatic rings. The summed E-state index contributed by atoms with van der Waals surface area (Å²) in [4.78, 5) is 18.3. The van der Waals surface area contributed by atoms with E-state index in [0.717, 1.165) is 55.8 Å². The van der Waals surface area contributed by atoms with Gasteiger partial charge in [-0.05, 0) is 70.8 Å². The number of pyridine rings is 3. The van der Waals surface area contributed by atoms with E-state index in [1.54, 1.807) is 6.20 Å². The summed E-state index contributed by atoms with van der Waals surface area (Å²) in [6.07, 6.45) is 1.80. The number of aromatic amines is 1. The van der Waals surface area contributed by atoms with Crippen LogP contribution < -0.4 is 0 Å². The first kappa shape index (κ1) is 23.8. The van der Waals surface area contributed by atoms with Crippen molar-refractivity contribution >= 4 is 54.3 Å². The Labute approximate surface area is 247 Å². The third-order valence-electron chi connectivity index (χ3n) is 8.44. The molecule has 9 aromatic rings. The van der Waals surface area contributed by atoms with Gasteiger partial charge < -0.3 is 4.98 Å². The van der Waals surface area contributed by atoms with E-state index >= 15 is 0 Å². The standard InChI is InChI=1S/C39H24N4/c1-3-10-32-24(8-1)17-20-34(41-32)26-15-18-27-30(22-26)31-23-25(33-13-7-14-37(42-33)36-12-5-6-21-40-36)16-19-28(31)39-38(27)29-9-2-4-11-35(29)43-39/h1-23,43H. The van der Waals surface area contributed by atoms with Gasteiger partial charge in [0.1, 0.15) is 0 Å². The fourth-order valence-electron chi connectivity index (χ4n) is 6.39. The number of para-hydroxylation sites is 2. The zero-order valence-corrected chi connectivity index (χ0v) is 23.1. The Bertz CT molecular complexity index is 2510. The van der Waals surface area contributed by atoms with Crippen LogP contribution in [0.4, 0.5) is 0 Å². The number of nitrogens with one attached hydrogen (secondary N) is 1. The number of hydrogen-bond acceptors (Lipinski definition) is 3. The molecular formula is C39H24N4. The summed E-state index contributed by atoms with van der Waals surface area (Å²) in [6.45, 7) is 0. The van der Waals surface area contributed by atoms with E-state index in [0.29, 0.717) is 0 Å². The van der Waals surface area contributed by atoms with Gasteiger partial charge in [0, 0.05) is 44.4 Å². The molecule has 9 rings (SSSR count). The van der Waals surface area contributed by atoms with Gasteiger partial charge in [-0.2, -0.15) is 0 Å². The van der Waals surface area contributed by atoms with E-state index in [4.69, 9.17) is 9.97 Å². The van der Waals surface area contributed by atoms with Crippen molar-refractivity contribution in [2.24, 2.45) is 0 Å². The lowest BCUT2D eigenvalue weighted by Crippen LogP contribution is -1.91. The molecule has 200 valence electrons. The SMILES string of the molecule is c1ccc(-c2cccc(-c3ccc4c(c3)c3cc(-c5ccc6ccccc6n5)ccc3c3c5ccccc5[nH]c43)n2)nc1. The molecule has 0 spiro atoms. The van der Waals surface area contributed by atoms with Gasteiger partial charge in [-0.3, -0.25) is 4.98 Å². The maximum absolute atomic E-state index is 5.02. The fourth-order valence-corrected chi connectivity index (χ4v) is 6.39. The second kappa shape index (κ2) is 9.33. The van der Waals surface area contributed by atoms with Gasteiger partial charge in [-0.25, -0.2) is 9.97 Å². The number of fused-ring (bicyclic) bond motifs is 9. The molecule has 5 aromatic carbocycles. The molecule has 0 radical (unpaired) electrons. The minimum atomic E-state index is 0.860. The molecule has 0 amide bonds. The van der Waals surface area contributed by atoms with Crippen LogP contribution in [0.5, 0.6) is 0 Å². The summed E-state index contributed by atoms with van der Waals surface area (Å²) in [5, 5.41) is 8.41. The number of hydrogen-bond donors (Lipinski definition) is 1. The first-order valence-electron chi connectivity index (χ1n) is 14.5. The Morgan fingerprint density at radius 3 is 2.05 bits per heavy atom. The highest BCUT2D eigenvalue weighted by Gasteiger charge is 2.16. The molecule has 0 atom stereocenters. The van der Waals surface area contributed by atoms with Crippen molar-refractivity contribution < 1.29 is 0 Å². The molecule has 0 bridgehead atoms. The molecule has 4 nitrogen and oxygen atoms in total. The van der Waals surface area contributed by atoms with Crippen LogP contribution >= 0.6 is 0 Å². The summed E-state index contributed by atoms with van der Waals surface area (Å²) in [6, 6.07) is 46.6. The van der Waals surface area contributed by atoms with E-state index in [1.165, 1.54) is 32.3 Å². The molecule has 4 heteroatoms. The number of rotatable bonds is 3. The van der Waals surface area contributed by atoms with Crippen molar-refractivity contribution in [1.82, 2.24) is 19.9 Å². The van der Waals surface area contributed by atoms with Crippen molar-refractivity contribution in [1.29, 1.82) is 0 Å². The van der Waals surface area contributed by atoms with Crippen LogP contribution in [0.25, 0.3) is 88.2 Å². The van der Waals surface area contributed by atoms with E-state index in [-0.39, 0.29) is 0 Å². The van der Waals surface area contributed by atoms with Crippen LogP contribution in [-0.4, -0.2) is 19.9 Å². The zero-order chi connectivity index (χ0) is 28.3. The van der Waals surface area contributed by atoms with Gasteiger partial charge >= 0.3 is 0 Å². The topological polar surface area (TPSA) is 54.5 Å². The van der Waals surface area contributed by atoms with Crippen molar-refractivity contribution in [3.63, 3.8) is 0 Å². The molecule has 0 aliphatic carbocycles. The molecule has 4 aromatic heterocycles. The van der Waals surface area contributed by atoms with Gasteiger partial charge in [-0.1, -0.05) is 78.9 Å². The predicted molar refractivity (Wildman–Crippen MR) is 178 cm³/mol. The summed E-state index contributed by atoms with van der Waals surface area (Å²) < 4.78 is 0. The summed E-state index contributed by atoms with van der Waals surface area (Å²) in [7, 11) is 0. The van der Waals surface area contributed by atoms with Crippen molar-refractivity contribution in [3.05, 3.63) is 140 Å². The van der Waals surface area contributed by atoms with Crippen molar-refractivity contribution in [2.45, 2.75) is 0 Å². The molecule has 0 saturated carbocycles. The second-order valence-corrected chi connectivity index (χ2v) is 11.0. The van der Waals surface area contributed by atoms with Gasteiger partial charge in [0.25, 0.3) is 0 Å². The summed E-state index contributed by atoms with van der Waals surface area (Å²) in [5.74, 6) is 0. The molecule has 0 unspecified atom stereocenters. The van der Waals surface area contributed by atoms with E-state index < -0.39 is 0 Å². The average Bonchev–Trinajstić information content (AvgIpc) is 3.48. The summed E-state index contributed by atoms with van der Waals surface area (Å²) in [5.41, 5.74) is 9.06. The Morgan fingerprint density at radius 1 is 0.442 bits per heavy atom. The Balaban J connectivity index is 1.32. The quantitative estimate of drug-likeness (QED) is 0.224. The molecule has 4 heterocycles. The maximum atomic E-state index is 5.02. The van der Waals surface area contributed by atoms with Crippen LogP contribution in [0, 0.1) is 0 Å². The Kier molecular flexibility index (Phi) is 5.16. The highest BCUT2D eigenvalue weighted by Crippen LogP contribution is 2.41. The van der Waals surface area contributed by atoms with Crippen LogP contribution in [0.15, 0.2) is 140 Å². The lowest BCUT2D eigenvalue weighted by Gasteiger charge is -2.12. The molecule has 0 fully saturated rings. The third-order valence-corrected chi connectivity index (χ3v) is 8.44. The number of aromatic nitrogens is 4. The van der Waals surface area contributed by atoms with Crippen LogP contribution in [-0.2, 0) is 0 Å². The smallest absolute Gasteiger partial charge is 0.0893 e. The zero-order valence-electron chi connectivity index (χ0n) is 23.1. The summed E-state index contributed by atoms with van der Waals surface area (Å²) >= 11 is 0. The number of H-pyrrole nitrogens is 1. The maximum Gasteiger partial charge on any atom is 0.0893 e. The van der Waals surface area contributed by atoms with Crippen molar-refractivity contribution in [2.75, 3.05) is 0 Å². The average molecular weight is 549 g/mol. The monoisotopic (exact) mass is 548 g/mol. The van der Waals surface area contributed by atoms with Crippen molar-refractivity contribution in [3.8, 4) is 33.9 Å². The van der Waals surface area contributed by atoms with Crippen LogP contribution in [0.1, 0.15) is 0 Å². The fraction of sp³-hybridized carbons (Fsp3) is 0. The van der Waals surface area contributed by atoms with E-state index in [1.807, 2.05) is 30.3 Å². The van der Waals surface area contributed by atoms with Gasteiger partial charge in [0.05, 0.1) is 33.8 Å². The molecule has 0 aliphatic heterocycles. The van der Waals surface area contributed by atoms with Gasteiger partial charge in [0.2, 0.25) is 0 Å². The molecule has 1 N–H and O–H groups in total. The molecule has 43 heavy (non-hydrogen) atoms. The molecular weight excluding hydrogens is 524 g/mol. The Hall–Kier alpha value is -5.87. The lowest BCUT2D eigenvalue weighted by atomic mass is 9.93. The number of nitrogens with zero attached hydrogens (tertiary/aromatic N) is 3. The largest absolute Gasteiger partial charge is 0.354 e. The predicted octanol–water partition coefficient (Wildman–Crippen LogP) is 9.97. The van der Waals surface area contributed by atoms with Gasteiger partial charge in [-0.15, -0.1) is 0 Å². The first-order chi connectivity index (χ1) is 21.3. The first-order valence-corrected chi connectivity index (χ1v) is 14.5. The van der Waals surface area contributed by atoms with Gasteiger partial charge in [0.15, 0.2) is 0 Å². The minimum Gasteiger partial charge on any atom is -0.354 e. The number of benzene rings is 5. The minimum absolute atomic E-state index is 0.860.